The van der Waals surface area contributed by atoms with E-state index < -0.39 is 0 Å². The van der Waals surface area contributed by atoms with Crippen molar-refractivity contribution in [2.24, 2.45) is 5.73 Å². The van der Waals surface area contributed by atoms with Crippen molar-refractivity contribution in [1.29, 1.82) is 0 Å². The molecule has 15 heavy (non-hydrogen) atoms. The molecule has 0 aliphatic carbocycles. The molecule has 0 saturated carbocycles. The molecule has 0 radical (unpaired) electrons. The van der Waals surface area contributed by atoms with Crippen molar-refractivity contribution in [2.45, 2.75) is 33.1 Å². The van der Waals surface area contributed by atoms with Crippen LogP contribution < -0.4 is 5.73 Å². The topological polar surface area (TPSA) is 26.0 Å². The maximum absolute atomic E-state index is 5.48. The van der Waals surface area contributed by atoms with Crippen LogP contribution in [0.25, 0.3) is 6.08 Å². The summed E-state index contributed by atoms with van der Waals surface area (Å²) in [6.45, 7) is 7.23. The van der Waals surface area contributed by atoms with E-state index in [4.69, 9.17) is 5.73 Å². The van der Waals surface area contributed by atoms with Gasteiger partial charge >= 0.3 is 0 Å². The highest BCUT2D eigenvalue weighted by atomic mass is 14.5. The molecule has 0 aromatic heterocycles. The Labute approximate surface area is 93.0 Å². The monoisotopic (exact) mass is 203 g/mol. The zero-order valence-electron chi connectivity index (χ0n) is 9.96. The SMILES string of the molecule is CCc1ccc(C(C)C)cc1/C=C/CN. The van der Waals surface area contributed by atoms with Gasteiger partial charge in [-0.3, -0.25) is 0 Å². The molecule has 0 spiro atoms. The molecule has 0 unspecified atom stereocenters. The van der Waals surface area contributed by atoms with Crippen molar-refractivity contribution in [3.63, 3.8) is 0 Å². The molecule has 1 nitrogen and oxygen atoms in total. The molecule has 0 aliphatic rings. The predicted octanol–water partition coefficient (Wildman–Crippen LogP) is 3.34. The summed E-state index contributed by atoms with van der Waals surface area (Å²) in [5, 5.41) is 0. The van der Waals surface area contributed by atoms with Crippen LogP contribution in [-0.2, 0) is 6.42 Å². The van der Waals surface area contributed by atoms with Crippen molar-refractivity contribution < 1.29 is 0 Å². The summed E-state index contributed by atoms with van der Waals surface area (Å²) < 4.78 is 0. The zero-order chi connectivity index (χ0) is 11.3. The fourth-order valence-corrected chi connectivity index (χ4v) is 1.64. The maximum atomic E-state index is 5.48. The van der Waals surface area contributed by atoms with Crippen LogP contribution in [0.15, 0.2) is 24.3 Å². The standard InChI is InChI=1S/C14H21N/c1-4-12-7-8-13(11(2)3)10-14(12)6-5-9-15/h5-8,10-11H,4,9,15H2,1-3H3/b6-5+. The van der Waals surface area contributed by atoms with Gasteiger partial charge in [0.15, 0.2) is 0 Å². The number of rotatable bonds is 4. The molecule has 1 rings (SSSR count). The molecule has 1 aromatic carbocycles. The first-order chi connectivity index (χ1) is 7.19. The second kappa shape index (κ2) is 5.72. The Balaban J connectivity index is 3.07. The van der Waals surface area contributed by atoms with Crippen LogP contribution >= 0.6 is 0 Å². The summed E-state index contributed by atoms with van der Waals surface area (Å²) in [7, 11) is 0. The molecule has 0 fully saturated rings. The highest BCUT2D eigenvalue weighted by Crippen LogP contribution is 2.20. The third-order valence-electron chi connectivity index (χ3n) is 2.65. The zero-order valence-corrected chi connectivity index (χ0v) is 9.96. The van der Waals surface area contributed by atoms with Gasteiger partial charge in [0.05, 0.1) is 0 Å². The van der Waals surface area contributed by atoms with E-state index in [-0.39, 0.29) is 0 Å². The largest absolute Gasteiger partial charge is 0.327 e. The molecule has 1 aromatic rings. The van der Waals surface area contributed by atoms with Gasteiger partial charge in [-0.15, -0.1) is 0 Å². The Kier molecular flexibility index (Phi) is 4.57. The molecular weight excluding hydrogens is 182 g/mol. The van der Waals surface area contributed by atoms with Crippen molar-refractivity contribution in [2.75, 3.05) is 6.54 Å². The number of hydrogen-bond acceptors (Lipinski definition) is 1. The van der Waals surface area contributed by atoms with E-state index in [0.717, 1.165) is 6.42 Å². The lowest BCUT2D eigenvalue weighted by molar-refractivity contribution is 0.864. The Morgan fingerprint density at radius 3 is 2.60 bits per heavy atom. The molecule has 82 valence electrons. The Morgan fingerprint density at radius 1 is 1.33 bits per heavy atom. The van der Waals surface area contributed by atoms with Gasteiger partial charge < -0.3 is 5.73 Å². The minimum absolute atomic E-state index is 0.584. The van der Waals surface area contributed by atoms with Crippen LogP contribution in [0.5, 0.6) is 0 Å². The van der Waals surface area contributed by atoms with E-state index in [1.807, 2.05) is 6.08 Å². The smallest absolute Gasteiger partial charge is 0.0110 e. The molecule has 2 N–H and O–H groups in total. The predicted molar refractivity (Wildman–Crippen MR) is 68.0 cm³/mol. The Morgan fingerprint density at radius 2 is 2.07 bits per heavy atom. The minimum Gasteiger partial charge on any atom is -0.327 e. The number of hydrogen-bond donors (Lipinski definition) is 1. The lowest BCUT2D eigenvalue weighted by atomic mass is 9.96. The van der Waals surface area contributed by atoms with E-state index >= 15 is 0 Å². The van der Waals surface area contributed by atoms with Crippen LogP contribution in [0.2, 0.25) is 0 Å². The Bertz CT molecular complexity index is 337. The quantitative estimate of drug-likeness (QED) is 0.798. The van der Waals surface area contributed by atoms with Crippen LogP contribution in [-0.4, -0.2) is 6.54 Å². The van der Waals surface area contributed by atoms with Crippen molar-refractivity contribution in [3.8, 4) is 0 Å². The number of nitrogens with two attached hydrogens (primary N) is 1. The van der Waals surface area contributed by atoms with E-state index in [1.54, 1.807) is 0 Å². The number of aryl methyl sites for hydroxylation is 1. The maximum Gasteiger partial charge on any atom is 0.0110 e. The molecule has 0 bridgehead atoms. The third-order valence-corrected chi connectivity index (χ3v) is 2.65. The van der Waals surface area contributed by atoms with Gasteiger partial charge in [-0.05, 0) is 29.0 Å². The molecule has 1 heteroatoms. The van der Waals surface area contributed by atoms with Crippen LogP contribution in [0.4, 0.5) is 0 Å². The fourth-order valence-electron chi connectivity index (χ4n) is 1.64. The van der Waals surface area contributed by atoms with Gasteiger partial charge in [0.25, 0.3) is 0 Å². The first kappa shape index (κ1) is 12.0. The van der Waals surface area contributed by atoms with Gasteiger partial charge in [-0.25, -0.2) is 0 Å². The first-order valence-electron chi connectivity index (χ1n) is 5.68. The summed E-state index contributed by atoms with van der Waals surface area (Å²) in [5.41, 5.74) is 9.58. The Hall–Kier alpha value is -1.08. The van der Waals surface area contributed by atoms with Crippen LogP contribution in [0.3, 0.4) is 0 Å². The molecule has 0 aliphatic heterocycles. The van der Waals surface area contributed by atoms with Gasteiger partial charge in [0.2, 0.25) is 0 Å². The molecule has 0 heterocycles. The number of benzene rings is 1. The third kappa shape index (κ3) is 3.21. The van der Waals surface area contributed by atoms with Crippen molar-refractivity contribution in [3.05, 3.63) is 41.0 Å². The summed E-state index contributed by atoms with van der Waals surface area (Å²) in [6.07, 6.45) is 5.21. The average Bonchev–Trinajstić information content (AvgIpc) is 2.25. The van der Waals surface area contributed by atoms with E-state index in [2.05, 4.69) is 45.0 Å². The molecular formula is C14H21N. The molecule has 0 amide bonds. The lowest BCUT2D eigenvalue weighted by Gasteiger charge is -2.10. The molecule has 0 saturated heterocycles. The minimum atomic E-state index is 0.584. The second-order valence-corrected chi connectivity index (χ2v) is 4.10. The van der Waals surface area contributed by atoms with E-state index in [9.17, 15) is 0 Å². The van der Waals surface area contributed by atoms with Gasteiger partial charge in [0, 0.05) is 6.54 Å². The highest BCUT2D eigenvalue weighted by Gasteiger charge is 2.02. The van der Waals surface area contributed by atoms with E-state index in [0.29, 0.717) is 12.5 Å². The fraction of sp³-hybridized carbons (Fsp3) is 0.429. The van der Waals surface area contributed by atoms with Gasteiger partial charge in [0.1, 0.15) is 0 Å². The van der Waals surface area contributed by atoms with Crippen LogP contribution in [0, 0.1) is 0 Å². The van der Waals surface area contributed by atoms with Gasteiger partial charge in [-0.2, -0.15) is 0 Å². The molecule has 0 atom stereocenters. The second-order valence-electron chi connectivity index (χ2n) is 4.10. The van der Waals surface area contributed by atoms with Crippen molar-refractivity contribution >= 4 is 6.08 Å². The summed E-state index contributed by atoms with van der Waals surface area (Å²) >= 11 is 0. The summed E-state index contributed by atoms with van der Waals surface area (Å²) in [6, 6.07) is 6.73. The lowest BCUT2D eigenvalue weighted by Crippen LogP contribution is -1.95. The summed E-state index contributed by atoms with van der Waals surface area (Å²) in [4.78, 5) is 0. The van der Waals surface area contributed by atoms with Gasteiger partial charge in [-0.1, -0.05) is 51.1 Å². The average molecular weight is 203 g/mol. The van der Waals surface area contributed by atoms with Crippen LogP contribution in [0.1, 0.15) is 43.4 Å². The normalized spacial score (nSPS) is 11.5. The first-order valence-corrected chi connectivity index (χ1v) is 5.68. The highest BCUT2D eigenvalue weighted by molar-refractivity contribution is 5.55. The summed E-state index contributed by atoms with van der Waals surface area (Å²) in [5.74, 6) is 0.584. The van der Waals surface area contributed by atoms with E-state index in [1.165, 1.54) is 16.7 Å². The van der Waals surface area contributed by atoms with Crippen molar-refractivity contribution in [1.82, 2.24) is 0 Å².